The fraction of sp³-hybridized carbons (Fsp3) is 0.385. The van der Waals surface area contributed by atoms with Crippen molar-refractivity contribution in [2.24, 2.45) is 5.16 Å². The summed E-state index contributed by atoms with van der Waals surface area (Å²) < 4.78 is 0. The van der Waals surface area contributed by atoms with Gasteiger partial charge in [-0.3, -0.25) is 9.69 Å². The van der Waals surface area contributed by atoms with E-state index in [9.17, 15) is 4.79 Å². The number of anilines is 1. The quantitative estimate of drug-likeness (QED) is 0.659. The van der Waals surface area contributed by atoms with E-state index in [-0.39, 0.29) is 5.91 Å². The van der Waals surface area contributed by atoms with Crippen molar-refractivity contribution >= 4 is 28.9 Å². The Morgan fingerprint density at radius 2 is 1.95 bits per heavy atom. The smallest absolute Gasteiger partial charge is 0.238 e. The second kappa shape index (κ2) is 6.54. The third-order valence-electron chi connectivity index (χ3n) is 3.07. The Balaban J connectivity index is 1.80. The van der Waals surface area contributed by atoms with Gasteiger partial charge in [0, 0.05) is 36.6 Å². The van der Waals surface area contributed by atoms with Crippen molar-refractivity contribution in [2.75, 3.05) is 25.0 Å². The number of oxime groups is 1. The van der Waals surface area contributed by atoms with Crippen LogP contribution in [0.2, 0.25) is 5.02 Å². The fourth-order valence-electron chi connectivity index (χ4n) is 2.01. The number of hydrogen-bond acceptors (Lipinski definition) is 4. The number of amides is 1. The Kier molecular flexibility index (Phi) is 4.76. The van der Waals surface area contributed by atoms with Crippen LogP contribution in [0.1, 0.15) is 12.8 Å². The average molecular weight is 282 g/mol. The molecule has 2 rings (SSSR count). The van der Waals surface area contributed by atoms with Gasteiger partial charge in [0.05, 0.1) is 12.3 Å². The zero-order valence-corrected chi connectivity index (χ0v) is 11.2. The standard InChI is InChI=1S/C13H16ClN3O2/c14-10-1-3-11(4-2-10)15-13(18)9-17-7-5-12(16-19)6-8-17/h1-4,19H,5-9H2,(H,15,18). The second-order valence-corrected chi connectivity index (χ2v) is 4.93. The number of piperidine rings is 1. The van der Waals surface area contributed by atoms with E-state index >= 15 is 0 Å². The molecule has 0 radical (unpaired) electrons. The number of benzene rings is 1. The number of rotatable bonds is 3. The molecule has 0 aromatic heterocycles. The van der Waals surface area contributed by atoms with Crippen LogP contribution in [0.15, 0.2) is 29.4 Å². The number of nitrogens with one attached hydrogen (secondary N) is 1. The van der Waals surface area contributed by atoms with E-state index in [1.54, 1.807) is 24.3 Å². The molecule has 19 heavy (non-hydrogen) atoms. The first-order valence-corrected chi connectivity index (χ1v) is 6.53. The summed E-state index contributed by atoms with van der Waals surface area (Å²) >= 11 is 5.78. The van der Waals surface area contributed by atoms with Crippen molar-refractivity contribution in [3.8, 4) is 0 Å². The van der Waals surface area contributed by atoms with Gasteiger partial charge in [0.25, 0.3) is 0 Å². The van der Waals surface area contributed by atoms with Crippen LogP contribution in [0, 0.1) is 0 Å². The lowest BCUT2D eigenvalue weighted by Crippen LogP contribution is -2.39. The molecule has 6 heteroatoms. The third-order valence-corrected chi connectivity index (χ3v) is 3.32. The molecule has 0 spiro atoms. The van der Waals surface area contributed by atoms with E-state index in [0.29, 0.717) is 24.4 Å². The molecule has 1 amide bonds. The van der Waals surface area contributed by atoms with Gasteiger partial charge in [0.2, 0.25) is 5.91 Å². The van der Waals surface area contributed by atoms with Gasteiger partial charge in [0.1, 0.15) is 0 Å². The minimum Gasteiger partial charge on any atom is -0.411 e. The summed E-state index contributed by atoms with van der Waals surface area (Å²) in [7, 11) is 0. The third kappa shape index (κ3) is 4.22. The zero-order valence-electron chi connectivity index (χ0n) is 10.5. The molecule has 1 aliphatic heterocycles. The lowest BCUT2D eigenvalue weighted by Gasteiger charge is -2.26. The first kappa shape index (κ1) is 13.8. The Bertz CT molecular complexity index is 463. The molecule has 1 heterocycles. The maximum absolute atomic E-state index is 11.9. The zero-order chi connectivity index (χ0) is 13.7. The van der Waals surface area contributed by atoms with Crippen molar-refractivity contribution in [1.82, 2.24) is 4.90 Å². The molecule has 1 aromatic rings. The Hall–Kier alpha value is -1.59. The topological polar surface area (TPSA) is 64.9 Å². The number of hydrogen-bond donors (Lipinski definition) is 2. The predicted octanol–water partition coefficient (Wildman–Crippen LogP) is 2.20. The van der Waals surface area contributed by atoms with Gasteiger partial charge >= 0.3 is 0 Å². The van der Waals surface area contributed by atoms with Crippen LogP contribution in [0.3, 0.4) is 0 Å². The van der Waals surface area contributed by atoms with Crippen LogP contribution < -0.4 is 5.32 Å². The molecule has 0 bridgehead atoms. The van der Waals surface area contributed by atoms with E-state index < -0.39 is 0 Å². The molecular weight excluding hydrogens is 266 g/mol. The normalized spacial score (nSPS) is 16.2. The minimum absolute atomic E-state index is 0.0493. The summed E-state index contributed by atoms with van der Waals surface area (Å²) in [6, 6.07) is 7.02. The maximum atomic E-state index is 11.9. The molecular formula is C13H16ClN3O2. The summed E-state index contributed by atoms with van der Waals surface area (Å²) in [5.74, 6) is -0.0493. The van der Waals surface area contributed by atoms with Crippen molar-refractivity contribution in [2.45, 2.75) is 12.8 Å². The van der Waals surface area contributed by atoms with E-state index in [4.69, 9.17) is 16.8 Å². The first-order valence-electron chi connectivity index (χ1n) is 6.15. The van der Waals surface area contributed by atoms with Gasteiger partial charge < -0.3 is 10.5 Å². The van der Waals surface area contributed by atoms with Gasteiger partial charge in [-0.2, -0.15) is 0 Å². The van der Waals surface area contributed by atoms with E-state index in [1.807, 2.05) is 4.90 Å². The first-order chi connectivity index (χ1) is 9.17. The Labute approximate surface area is 116 Å². The van der Waals surface area contributed by atoms with Crippen molar-refractivity contribution in [3.63, 3.8) is 0 Å². The second-order valence-electron chi connectivity index (χ2n) is 4.50. The Morgan fingerprint density at radius 1 is 1.32 bits per heavy atom. The molecule has 5 nitrogen and oxygen atoms in total. The highest BCUT2D eigenvalue weighted by molar-refractivity contribution is 6.30. The monoisotopic (exact) mass is 281 g/mol. The van der Waals surface area contributed by atoms with Gasteiger partial charge in [-0.05, 0) is 24.3 Å². The van der Waals surface area contributed by atoms with Crippen LogP contribution in [-0.2, 0) is 4.79 Å². The van der Waals surface area contributed by atoms with Gasteiger partial charge in [-0.25, -0.2) is 0 Å². The van der Waals surface area contributed by atoms with Gasteiger partial charge in [-0.15, -0.1) is 0 Å². The molecule has 0 saturated carbocycles. The molecule has 1 saturated heterocycles. The fourth-order valence-corrected chi connectivity index (χ4v) is 2.13. The number of carbonyl (C=O) groups is 1. The van der Waals surface area contributed by atoms with Crippen LogP contribution in [0.25, 0.3) is 0 Å². The average Bonchev–Trinajstić information content (AvgIpc) is 2.42. The number of nitrogens with zero attached hydrogens (tertiary/aromatic N) is 2. The van der Waals surface area contributed by atoms with Crippen molar-refractivity contribution in [1.29, 1.82) is 0 Å². The maximum Gasteiger partial charge on any atom is 0.238 e. The number of carbonyl (C=O) groups excluding carboxylic acids is 1. The highest BCUT2D eigenvalue weighted by Gasteiger charge is 2.17. The summed E-state index contributed by atoms with van der Waals surface area (Å²) in [6.07, 6.45) is 1.43. The molecule has 0 aliphatic carbocycles. The van der Waals surface area contributed by atoms with Crippen molar-refractivity contribution < 1.29 is 10.0 Å². The van der Waals surface area contributed by atoms with Gasteiger partial charge in [0.15, 0.2) is 0 Å². The summed E-state index contributed by atoms with van der Waals surface area (Å²) in [5, 5.41) is 15.3. The molecule has 0 unspecified atom stereocenters. The molecule has 1 aromatic carbocycles. The highest BCUT2D eigenvalue weighted by Crippen LogP contribution is 2.13. The largest absolute Gasteiger partial charge is 0.411 e. The van der Waals surface area contributed by atoms with Crippen LogP contribution >= 0.6 is 11.6 Å². The van der Waals surface area contributed by atoms with Crippen LogP contribution in [0.4, 0.5) is 5.69 Å². The van der Waals surface area contributed by atoms with Crippen LogP contribution in [0.5, 0.6) is 0 Å². The van der Waals surface area contributed by atoms with E-state index in [0.717, 1.165) is 24.5 Å². The number of halogens is 1. The van der Waals surface area contributed by atoms with Crippen molar-refractivity contribution in [3.05, 3.63) is 29.3 Å². The molecule has 2 N–H and O–H groups in total. The summed E-state index contributed by atoms with van der Waals surface area (Å²) in [4.78, 5) is 13.9. The Morgan fingerprint density at radius 3 is 2.53 bits per heavy atom. The molecule has 0 atom stereocenters. The molecule has 1 fully saturated rings. The predicted molar refractivity (Wildman–Crippen MR) is 75.0 cm³/mol. The summed E-state index contributed by atoms with van der Waals surface area (Å²) in [5.41, 5.74) is 1.54. The SMILES string of the molecule is O=C(CN1CCC(=NO)CC1)Nc1ccc(Cl)cc1. The van der Waals surface area contributed by atoms with Crippen LogP contribution in [-0.4, -0.2) is 41.4 Å². The molecule has 1 aliphatic rings. The number of likely N-dealkylation sites (tertiary alicyclic amines) is 1. The van der Waals surface area contributed by atoms with E-state index in [1.165, 1.54) is 0 Å². The van der Waals surface area contributed by atoms with E-state index in [2.05, 4.69) is 10.5 Å². The van der Waals surface area contributed by atoms with Gasteiger partial charge in [-0.1, -0.05) is 16.8 Å². The lowest BCUT2D eigenvalue weighted by molar-refractivity contribution is -0.117. The molecule has 102 valence electrons. The highest BCUT2D eigenvalue weighted by atomic mass is 35.5. The minimum atomic E-state index is -0.0493. The summed E-state index contributed by atoms with van der Waals surface area (Å²) in [6.45, 7) is 1.84. The lowest BCUT2D eigenvalue weighted by atomic mass is 10.1.